The highest BCUT2D eigenvalue weighted by atomic mass is 16.2. The Morgan fingerprint density at radius 1 is 1.14 bits per heavy atom. The van der Waals surface area contributed by atoms with Gasteiger partial charge in [-0.2, -0.15) is 5.10 Å². The number of aromatic nitrogens is 5. The Bertz CT molecular complexity index is 1610. The van der Waals surface area contributed by atoms with Crippen molar-refractivity contribution in [3.63, 3.8) is 0 Å². The summed E-state index contributed by atoms with van der Waals surface area (Å²) >= 11 is 0. The number of nitrogens with one attached hydrogen (secondary N) is 1. The molecule has 11 nitrogen and oxygen atoms in total. The van der Waals surface area contributed by atoms with Crippen molar-refractivity contribution in [3.8, 4) is 11.3 Å². The molecule has 3 aromatic heterocycles. The number of hydrogen-bond donors (Lipinski definition) is 2. The average Bonchev–Trinajstić information content (AvgIpc) is 3.38. The van der Waals surface area contributed by atoms with Crippen LogP contribution >= 0.6 is 0 Å². The van der Waals surface area contributed by atoms with Crippen molar-refractivity contribution in [2.75, 3.05) is 44.8 Å². The van der Waals surface area contributed by atoms with E-state index in [1.165, 1.54) is 6.33 Å². The number of likely N-dealkylation sites (tertiary alicyclic amines) is 1. The fraction of sp³-hybridized carbons (Fsp3) is 0.355. The zero-order valence-corrected chi connectivity index (χ0v) is 24.5. The van der Waals surface area contributed by atoms with Gasteiger partial charge >= 0.3 is 0 Å². The molecule has 1 aliphatic heterocycles. The minimum Gasteiger partial charge on any atom is -0.383 e. The molecule has 1 saturated heterocycles. The first-order chi connectivity index (χ1) is 20.2. The maximum Gasteiger partial charge on any atom is 0.256 e. The molecule has 3 N–H and O–H groups in total. The van der Waals surface area contributed by atoms with E-state index >= 15 is 0 Å². The van der Waals surface area contributed by atoms with E-state index < -0.39 is 0 Å². The van der Waals surface area contributed by atoms with Crippen LogP contribution in [0.1, 0.15) is 54.6 Å². The molecule has 1 aliphatic rings. The third kappa shape index (κ3) is 6.31. The molecule has 4 aromatic rings. The van der Waals surface area contributed by atoms with E-state index in [9.17, 15) is 9.59 Å². The smallest absolute Gasteiger partial charge is 0.256 e. The number of fused-ring (bicyclic) bond motifs is 1. The van der Waals surface area contributed by atoms with Crippen LogP contribution in [0, 0.1) is 0 Å². The topological polar surface area (TPSA) is 135 Å². The lowest BCUT2D eigenvalue weighted by atomic mass is 10.0. The second-order valence-electron chi connectivity index (χ2n) is 11.2. The monoisotopic (exact) mass is 567 g/mol. The van der Waals surface area contributed by atoms with Gasteiger partial charge in [-0.05, 0) is 62.7 Å². The second kappa shape index (κ2) is 12.5. The summed E-state index contributed by atoms with van der Waals surface area (Å²) in [5.74, 6) is 0.913. The lowest BCUT2D eigenvalue weighted by molar-refractivity contribution is -0.127. The van der Waals surface area contributed by atoms with E-state index in [1.54, 1.807) is 24.4 Å². The van der Waals surface area contributed by atoms with Crippen molar-refractivity contribution in [1.82, 2.24) is 34.5 Å². The summed E-state index contributed by atoms with van der Waals surface area (Å²) in [6.07, 6.45) is 8.37. The van der Waals surface area contributed by atoms with Crippen molar-refractivity contribution in [3.05, 3.63) is 72.2 Å². The predicted molar refractivity (Wildman–Crippen MR) is 164 cm³/mol. The standard InChI is InChI=1S/C31H37N9O2/c1-20(2)23-13-14-33-25(17-23)36-31(42)22-11-9-21(10-12-22)28-27-29(32)34-19-35-30(27)40(37-28)24-7-5-16-39(18-24)26(41)8-6-15-38(3)4/h6,8-14,17,19-20,24H,5,7,15-16,18H2,1-4H3,(H2,32,34,35)(H,33,36,42)/b8-6+/t24-/m1/s1. The number of hydrogen-bond acceptors (Lipinski definition) is 8. The Hall–Kier alpha value is -4.64. The first-order valence-electron chi connectivity index (χ1n) is 14.2. The maximum absolute atomic E-state index is 13.0. The second-order valence-corrected chi connectivity index (χ2v) is 11.2. The number of carbonyl (C=O) groups is 2. The number of nitrogens with zero attached hydrogens (tertiary/aromatic N) is 7. The van der Waals surface area contributed by atoms with Crippen LogP contribution in [-0.4, -0.2) is 80.1 Å². The van der Waals surface area contributed by atoms with Crippen LogP contribution in [0.4, 0.5) is 11.6 Å². The molecule has 5 rings (SSSR count). The maximum atomic E-state index is 13.0. The number of pyridine rings is 1. The average molecular weight is 568 g/mol. The lowest BCUT2D eigenvalue weighted by Gasteiger charge is -2.32. The van der Waals surface area contributed by atoms with Gasteiger partial charge in [0.2, 0.25) is 5.91 Å². The van der Waals surface area contributed by atoms with Crippen molar-refractivity contribution in [1.29, 1.82) is 0 Å². The number of rotatable bonds is 8. The molecule has 2 amide bonds. The van der Waals surface area contributed by atoms with Crippen LogP contribution in [0.5, 0.6) is 0 Å². The molecule has 1 aromatic carbocycles. The van der Waals surface area contributed by atoms with Crippen LogP contribution < -0.4 is 11.1 Å². The molecular weight excluding hydrogens is 530 g/mol. The van der Waals surface area contributed by atoms with E-state index in [2.05, 4.69) is 34.1 Å². The number of likely N-dealkylation sites (N-methyl/N-ethyl adjacent to an activating group) is 1. The van der Waals surface area contributed by atoms with Gasteiger partial charge in [-0.1, -0.05) is 32.1 Å². The molecule has 0 radical (unpaired) electrons. The van der Waals surface area contributed by atoms with Crippen LogP contribution in [0.3, 0.4) is 0 Å². The van der Waals surface area contributed by atoms with Crippen molar-refractivity contribution in [2.24, 2.45) is 0 Å². The lowest BCUT2D eigenvalue weighted by Crippen LogP contribution is -2.40. The van der Waals surface area contributed by atoms with Gasteiger partial charge in [0.1, 0.15) is 23.7 Å². The summed E-state index contributed by atoms with van der Waals surface area (Å²) in [6, 6.07) is 11.0. The zero-order valence-electron chi connectivity index (χ0n) is 24.5. The molecule has 0 bridgehead atoms. The number of piperidine rings is 1. The molecule has 0 unspecified atom stereocenters. The summed E-state index contributed by atoms with van der Waals surface area (Å²) in [5, 5.41) is 8.48. The molecule has 11 heteroatoms. The summed E-state index contributed by atoms with van der Waals surface area (Å²) in [6.45, 7) is 6.12. The van der Waals surface area contributed by atoms with E-state index in [0.29, 0.717) is 59.5 Å². The summed E-state index contributed by atoms with van der Waals surface area (Å²) in [5.41, 5.74) is 9.97. The third-order valence-corrected chi connectivity index (χ3v) is 7.42. The number of anilines is 2. The Kier molecular flexibility index (Phi) is 8.58. The molecule has 1 fully saturated rings. The van der Waals surface area contributed by atoms with Gasteiger partial charge in [-0.25, -0.2) is 19.6 Å². The van der Waals surface area contributed by atoms with Crippen LogP contribution in [0.25, 0.3) is 22.3 Å². The Morgan fingerprint density at radius 2 is 1.93 bits per heavy atom. The molecule has 0 spiro atoms. The van der Waals surface area contributed by atoms with Gasteiger partial charge in [0.05, 0.1) is 11.4 Å². The molecule has 0 aliphatic carbocycles. The molecule has 42 heavy (non-hydrogen) atoms. The largest absolute Gasteiger partial charge is 0.383 e. The van der Waals surface area contributed by atoms with Crippen LogP contribution in [-0.2, 0) is 4.79 Å². The van der Waals surface area contributed by atoms with Gasteiger partial charge < -0.3 is 20.9 Å². The Balaban J connectivity index is 1.39. The minimum absolute atomic E-state index is 0.00706. The van der Waals surface area contributed by atoms with Crippen molar-refractivity contribution < 1.29 is 9.59 Å². The van der Waals surface area contributed by atoms with Crippen molar-refractivity contribution in [2.45, 2.75) is 38.6 Å². The highest BCUT2D eigenvalue weighted by molar-refractivity contribution is 6.04. The van der Waals surface area contributed by atoms with Gasteiger partial charge in [0, 0.05) is 43.0 Å². The van der Waals surface area contributed by atoms with Crippen LogP contribution in [0.2, 0.25) is 0 Å². The van der Waals surface area contributed by atoms with E-state index in [1.807, 2.05) is 58.9 Å². The number of carbonyl (C=O) groups excluding carboxylic acids is 2. The molecule has 4 heterocycles. The summed E-state index contributed by atoms with van der Waals surface area (Å²) < 4.78 is 1.87. The molecule has 218 valence electrons. The predicted octanol–water partition coefficient (Wildman–Crippen LogP) is 4.13. The van der Waals surface area contributed by atoms with Crippen LogP contribution in [0.15, 0.2) is 61.1 Å². The highest BCUT2D eigenvalue weighted by Crippen LogP contribution is 2.34. The zero-order chi connectivity index (χ0) is 29.8. The number of amides is 2. The van der Waals surface area contributed by atoms with Gasteiger partial charge in [0.25, 0.3) is 5.91 Å². The van der Waals surface area contributed by atoms with Gasteiger partial charge in [0.15, 0.2) is 5.65 Å². The fourth-order valence-electron chi connectivity index (χ4n) is 5.12. The van der Waals surface area contributed by atoms with E-state index in [-0.39, 0.29) is 17.9 Å². The number of nitrogen functional groups attached to an aromatic ring is 1. The third-order valence-electron chi connectivity index (χ3n) is 7.42. The normalized spacial score (nSPS) is 15.7. The minimum atomic E-state index is -0.250. The molecule has 0 saturated carbocycles. The molecule has 1 atom stereocenters. The Labute approximate surface area is 245 Å². The van der Waals surface area contributed by atoms with Crippen molar-refractivity contribution >= 4 is 34.5 Å². The summed E-state index contributed by atoms with van der Waals surface area (Å²) in [7, 11) is 3.93. The van der Waals surface area contributed by atoms with Gasteiger partial charge in [-0.15, -0.1) is 0 Å². The number of nitrogens with two attached hydrogens (primary N) is 1. The molecular formula is C31H37N9O2. The quantitative estimate of drug-likeness (QED) is 0.304. The van der Waals surface area contributed by atoms with E-state index in [4.69, 9.17) is 10.8 Å². The van der Waals surface area contributed by atoms with E-state index in [0.717, 1.165) is 24.0 Å². The first kappa shape index (κ1) is 28.9. The first-order valence-corrected chi connectivity index (χ1v) is 14.2. The SMILES string of the molecule is CC(C)c1ccnc(NC(=O)c2ccc(-c3nn([C@@H]4CCCN(C(=O)/C=C/CN(C)C)C4)c4ncnc(N)c34)cc2)c1. The summed E-state index contributed by atoms with van der Waals surface area (Å²) in [4.78, 5) is 42.7. The number of benzene rings is 1. The Morgan fingerprint density at radius 3 is 2.67 bits per heavy atom. The fourth-order valence-corrected chi connectivity index (χ4v) is 5.12. The van der Waals surface area contributed by atoms with Gasteiger partial charge in [-0.3, -0.25) is 9.59 Å². The highest BCUT2D eigenvalue weighted by Gasteiger charge is 2.28.